The van der Waals surface area contributed by atoms with Gasteiger partial charge in [-0.05, 0) is 62.4 Å². The number of ether oxygens (including phenoxy) is 1. The lowest BCUT2D eigenvalue weighted by molar-refractivity contribution is 0.301. The van der Waals surface area contributed by atoms with Crippen molar-refractivity contribution in [1.82, 2.24) is 0 Å². The van der Waals surface area contributed by atoms with Gasteiger partial charge < -0.3 is 4.74 Å². The SMILES string of the molecule is Cc1cc(C)c(OCCCC(C#N)c2cccc(F)c2)c(C)c1. The van der Waals surface area contributed by atoms with E-state index in [4.69, 9.17) is 4.74 Å². The molecular weight excluding hydrogens is 289 g/mol. The molecule has 0 bridgehead atoms. The van der Waals surface area contributed by atoms with Gasteiger partial charge in [0.15, 0.2) is 0 Å². The summed E-state index contributed by atoms with van der Waals surface area (Å²) in [5.41, 5.74) is 4.21. The molecule has 3 heteroatoms. The van der Waals surface area contributed by atoms with Crippen molar-refractivity contribution in [2.45, 2.75) is 39.5 Å². The first-order valence-electron chi connectivity index (χ1n) is 7.87. The van der Waals surface area contributed by atoms with Crippen LogP contribution in [0.4, 0.5) is 4.39 Å². The molecule has 0 heterocycles. The Labute approximate surface area is 137 Å². The summed E-state index contributed by atoms with van der Waals surface area (Å²) in [6.45, 7) is 6.71. The summed E-state index contributed by atoms with van der Waals surface area (Å²) in [7, 11) is 0. The highest BCUT2D eigenvalue weighted by molar-refractivity contribution is 5.42. The average Bonchev–Trinajstić information content (AvgIpc) is 2.49. The maximum Gasteiger partial charge on any atom is 0.125 e. The molecule has 0 aliphatic rings. The number of nitrogens with zero attached hydrogens (tertiary/aromatic N) is 1. The molecule has 0 fully saturated rings. The van der Waals surface area contributed by atoms with Crippen molar-refractivity contribution in [3.05, 3.63) is 64.5 Å². The van der Waals surface area contributed by atoms with Crippen LogP contribution in [0, 0.1) is 37.9 Å². The molecule has 1 atom stereocenters. The molecule has 0 spiro atoms. The number of hydrogen-bond acceptors (Lipinski definition) is 2. The Morgan fingerprint density at radius 2 is 1.83 bits per heavy atom. The Morgan fingerprint density at radius 1 is 1.13 bits per heavy atom. The Hall–Kier alpha value is -2.34. The average molecular weight is 311 g/mol. The normalized spacial score (nSPS) is 11.8. The second-order valence-corrected chi connectivity index (χ2v) is 5.96. The van der Waals surface area contributed by atoms with Crippen LogP contribution in [0.15, 0.2) is 36.4 Å². The van der Waals surface area contributed by atoms with E-state index < -0.39 is 0 Å². The number of aryl methyl sites for hydroxylation is 3. The molecule has 0 amide bonds. The minimum Gasteiger partial charge on any atom is -0.493 e. The fourth-order valence-corrected chi connectivity index (χ4v) is 2.89. The highest BCUT2D eigenvalue weighted by Crippen LogP contribution is 2.26. The van der Waals surface area contributed by atoms with Crippen LogP contribution in [0.25, 0.3) is 0 Å². The van der Waals surface area contributed by atoms with Gasteiger partial charge in [0.2, 0.25) is 0 Å². The fourth-order valence-electron chi connectivity index (χ4n) is 2.89. The van der Waals surface area contributed by atoms with E-state index in [9.17, 15) is 9.65 Å². The molecule has 2 aromatic carbocycles. The van der Waals surface area contributed by atoms with Crippen LogP contribution < -0.4 is 4.74 Å². The van der Waals surface area contributed by atoms with Crippen LogP contribution in [0.3, 0.4) is 0 Å². The maximum absolute atomic E-state index is 13.3. The first kappa shape index (κ1) is 17.0. The van der Waals surface area contributed by atoms with E-state index in [2.05, 4.69) is 25.1 Å². The molecule has 0 radical (unpaired) electrons. The highest BCUT2D eigenvalue weighted by atomic mass is 19.1. The zero-order chi connectivity index (χ0) is 16.8. The Balaban J connectivity index is 1.91. The predicted molar refractivity (Wildman–Crippen MR) is 90.1 cm³/mol. The van der Waals surface area contributed by atoms with Gasteiger partial charge in [0.25, 0.3) is 0 Å². The summed E-state index contributed by atoms with van der Waals surface area (Å²) < 4.78 is 19.2. The fraction of sp³-hybridized carbons (Fsp3) is 0.350. The van der Waals surface area contributed by atoms with Crippen molar-refractivity contribution in [2.75, 3.05) is 6.61 Å². The van der Waals surface area contributed by atoms with Crippen LogP contribution >= 0.6 is 0 Å². The van der Waals surface area contributed by atoms with Gasteiger partial charge in [0.05, 0.1) is 18.6 Å². The van der Waals surface area contributed by atoms with Crippen molar-refractivity contribution < 1.29 is 9.13 Å². The third-order valence-electron chi connectivity index (χ3n) is 3.90. The van der Waals surface area contributed by atoms with Crippen molar-refractivity contribution in [3.63, 3.8) is 0 Å². The molecule has 2 aromatic rings. The van der Waals surface area contributed by atoms with Gasteiger partial charge in [-0.1, -0.05) is 29.8 Å². The molecule has 0 aliphatic heterocycles. The smallest absolute Gasteiger partial charge is 0.125 e. The molecule has 0 aliphatic carbocycles. The summed E-state index contributed by atoms with van der Waals surface area (Å²) in [6, 6.07) is 12.7. The minimum absolute atomic E-state index is 0.297. The topological polar surface area (TPSA) is 33.0 Å². The van der Waals surface area contributed by atoms with Crippen LogP contribution in [0.2, 0.25) is 0 Å². The van der Waals surface area contributed by atoms with Gasteiger partial charge >= 0.3 is 0 Å². The summed E-state index contributed by atoms with van der Waals surface area (Å²) in [5, 5.41) is 9.29. The molecule has 2 rings (SSSR count). The molecule has 0 saturated heterocycles. The number of hydrogen-bond donors (Lipinski definition) is 0. The minimum atomic E-state index is -0.301. The molecule has 0 N–H and O–H groups in total. The van der Waals surface area contributed by atoms with Crippen molar-refractivity contribution in [2.24, 2.45) is 0 Å². The number of benzene rings is 2. The van der Waals surface area contributed by atoms with Gasteiger partial charge in [0, 0.05) is 0 Å². The van der Waals surface area contributed by atoms with Gasteiger partial charge in [-0.3, -0.25) is 0 Å². The zero-order valence-corrected chi connectivity index (χ0v) is 13.9. The van der Waals surface area contributed by atoms with Gasteiger partial charge in [-0.25, -0.2) is 4.39 Å². The van der Waals surface area contributed by atoms with E-state index in [0.717, 1.165) is 28.9 Å². The number of rotatable bonds is 6. The molecule has 2 nitrogen and oxygen atoms in total. The van der Waals surface area contributed by atoms with Gasteiger partial charge in [0.1, 0.15) is 11.6 Å². The number of nitriles is 1. The molecule has 0 aromatic heterocycles. The van der Waals surface area contributed by atoms with Crippen molar-refractivity contribution >= 4 is 0 Å². The first-order chi connectivity index (χ1) is 11.0. The molecule has 0 saturated carbocycles. The molecule has 1 unspecified atom stereocenters. The highest BCUT2D eigenvalue weighted by Gasteiger charge is 2.12. The molecular formula is C20H22FNO. The Kier molecular flexibility index (Phi) is 5.76. The van der Waals surface area contributed by atoms with Crippen LogP contribution in [0.5, 0.6) is 5.75 Å². The lowest BCUT2D eigenvalue weighted by atomic mass is 9.96. The van der Waals surface area contributed by atoms with E-state index in [1.54, 1.807) is 12.1 Å². The summed E-state index contributed by atoms with van der Waals surface area (Å²) in [4.78, 5) is 0. The second kappa shape index (κ2) is 7.78. The van der Waals surface area contributed by atoms with E-state index in [1.807, 2.05) is 13.8 Å². The lowest BCUT2D eigenvalue weighted by Gasteiger charge is -2.14. The van der Waals surface area contributed by atoms with Gasteiger partial charge in [-0.15, -0.1) is 0 Å². The maximum atomic E-state index is 13.3. The van der Waals surface area contributed by atoms with Crippen molar-refractivity contribution in [3.8, 4) is 11.8 Å². The largest absolute Gasteiger partial charge is 0.493 e. The zero-order valence-electron chi connectivity index (χ0n) is 13.9. The first-order valence-corrected chi connectivity index (χ1v) is 7.87. The van der Waals surface area contributed by atoms with E-state index in [1.165, 1.54) is 17.7 Å². The van der Waals surface area contributed by atoms with E-state index >= 15 is 0 Å². The monoisotopic (exact) mass is 311 g/mol. The van der Waals surface area contributed by atoms with E-state index in [-0.39, 0.29) is 11.7 Å². The molecule has 23 heavy (non-hydrogen) atoms. The standard InChI is InChI=1S/C20H22FNO/c1-14-10-15(2)20(16(3)11-14)23-9-5-7-18(13-22)17-6-4-8-19(21)12-17/h4,6,8,10-12,18H,5,7,9H2,1-3H3. The summed E-state index contributed by atoms with van der Waals surface area (Å²) in [6.07, 6.45) is 1.41. The quantitative estimate of drug-likeness (QED) is 0.685. The van der Waals surface area contributed by atoms with E-state index in [0.29, 0.717) is 13.0 Å². The van der Waals surface area contributed by atoms with Crippen LogP contribution in [-0.2, 0) is 0 Å². The summed E-state index contributed by atoms with van der Waals surface area (Å²) >= 11 is 0. The summed E-state index contributed by atoms with van der Waals surface area (Å²) in [5.74, 6) is 0.328. The Bertz CT molecular complexity index is 695. The second-order valence-electron chi connectivity index (χ2n) is 5.96. The lowest BCUT2D eigenvalue weighted by Crippen LogP contribution is -2.04. The third-order valence-corrected chi connectivity index (χ3v) is 3.90. The predicted octanol–water partition coefficient (Wildman–Crippen LogP) is 5.22. The van der Waals surface area contributed by atoms with Crippen molar-refractivity contribution in [1.29, 1.82) is 5.26 Å². The number of halogens is 1. The van der Waals surface area contributed by atoms with Crippen LogP contribution in [-0.4, -0.2) is 6.61 Å². The third kappa shape index (κ3) is 4.56. The Morgan fingerprint density at radius 3 is 2.43 bits per heavy atom. The molecule has 120 valence electrons. The van der Waals surface area contributed by atoms with Gasteiger partial charge in [-0.2, -0.15) is 5.26 Å². The van der Waals surface area contributed by atoms with Crippen LogP contribution in [0.1, 0.15) is 41.0 Å².